The number of piperidine rings is 1. The zero-order valence-electron chi connectivity index (χ0n) is 13.8. The number of amides is 1. The summed E-state index contributed by atoms with van der Waals surface area (Å²) >= 11 is 0. The minimum Gasteiger partial charge on any atom is -0.549 e. The molecule has 1 saturated heterocycles. The maximum atomic E-state index is 11.7. The third kappa shape index (κ3) is 4.54. The van der Waals surface area contributed by atoms with E-state index in [2.05, 4.69) is 33.9 Å². The topological polar surface area (TPSA) is 38.8 Å². The molecular formula is C15H29NO3Si. The van der Waals surface area contributed by atoms with E-state index in [1.165, 1.54) is 5.57 Å². The number of hydrogen-bond donors (Lipinski definition) is 0. The molecule has 0 N–H and O–H groups in total. The molecule has 5 heteroatoms. The summed E-state index contributed by atoms with van der Waals surface area (Å²) in [6, 6.07) is 0. The SMILES string of the molecule is CCOC(=O)N1CCC/C(=C/O[Si](C)(C)C(C)(C)C)C1. The Morgan fingerprint density at radius 2 is 2.05 bits per heavy atom. The monoisotopic (exact) mass is 299 g/mol. The molecule has 1 aliphatic rings. The number of carbonyl (C=O) groups is 1. The van der Waals surface area contributed by atoms with Gasteiger partial charge in [-0.2, -0.15) is 0 Å². The van der Waals surface area contributed by atoms with E-state index in [0.717, 1.165) is 19.4 Å². The number of likely N-dealkylation sites (tertiary alicyclic amines) is 1. The van der Waals surface area contributed by atoms with Crippen LogP contribution in [-0.2, 0) is 9.16 Å². The van der Waals surface area contributed by atoms with Crippen molar-refractivity contribution >= 4 is 14.4 Å². The summed E-state index contributed by atoms with van der Waals surface area (Å²) < 4.78 is 11.2. The van der Waals surface area contributed by atoms with E-state index in [1.54, 1.807) is 4.90 Å². The first-order valence-electron chi connectivity index (χ1n) is 7.45. The smallest absolute Gasteiger partial charge is 0.410 e. The highest BCUT2D eigenvalue weighted by Crippen LogP contribution is 2.37. The van der Waals surface area contributed by atoms with Crippen molar-refractivity contribution in [1.29, 1.82) is 0 Å². The Hall–Kier alpha value is -0.973. The van der Waals surface area contributed by atoms with Crippen LogP contribution in [0.15, 0.2) is 11.8 Å². The van der Waals surface area contributed by atoms with Crippen LogP contribution in [0.2, 0.25) is 18.1 Å². The molecule has 0 aromatic rings. The Morgan fingerprint density at radius 1 is 1.40 bits per heavy atom. The van der Waals surface area contributed by atoms with E-state index in [1.807, 2.05) is 13.2 Å². The third-order valence-electron chi connectivity index (χ3n) is 4.17. The first-order valence-corrected chi connectivity index (χ1v) is 10.4. The number of hydrogen-bond acceptors (Lipinski definition) is 3. The molecule has 0 radical (unpaired) electrons. The summed E-state index contributed by atoms with van der Waals surface area (Å²) in [4.78, 5) is 13.5. The third-order valence-corrected chi connectivity index (χ3v) is 8.49. The fourth-order valence-corrected chi connectivity index (χ4v) is 2.59. The second kappa shape index (κ2) is 6.65. The van der Waals surface area contributed by atoms with Crippen molar-refractivity contribution in [2.24, 2.45) is 0 Å². The van der Waals surface area contributed by atoms with Crippen LogP contribution in [0.25, 0.3) is 0 Å². The van der Waals surface area contributed by atoms with Crippen LogP contribution < -0.4 is 0 Å². The zero-order chi connectivity index (χ0) is 15.4. The fourth-order valence-electron chi connectivity index (χ4n) is 1.77. The van der Waals surface area contributed by atoms with Gasteiger partial charge in [-0.15, -0.1) is 0 Å². The van der Waals surface area contributed by atoms with E-state index < -0.39 is 8.32 Å². The second-order valence-corrected chi connectivity index (χ2v) is 11.6. The van der Waals surface area contributed by atoms with Gasteiger partial charge in [-0.1, -0.05) is 20.8 Å². The van der Waals surface area contributed by atoms with Crippen LogP contribution in [-0.4, -0.2) is 39.0 Å². The summed E-state index contributed by atoms with van der Waals surface area (Å²) in [6.45, 7) is 14.8. The Kier molecular flexibility index (Phi) is 5.68. The molecule has 0 aromatic heterocycles. The van der Waals surface area contributed by atoms with Gasteiger partial charge in [-0.25, -0.2) is 4.79 Å². The lowest BCUT2D eigenvalue weighted by Gasteiger charge is -2.36. The predicted octanol–water partition coefficient (Wildman–Crippen LogP) is 4.14. The van der Waals surface area contributed by atoms with Gasteiger partial charge in [0, 0.05) is 13.1 Å². The van der Waals surface area contributed by atoms with Crippen molar-refractivity contribution in [2.75, 3.05) is 19.7 Å². The number of ether oxygens (including phenoxy) is 1. The lowest BCUT2D eigenvalue weighted by atomic mass is 10.1. The largest absolute Gasteiger partial charge is 0.549 e. The van der Waals surface area contributed by atoms with E-state index in [9.17, 15) is 4.79 Å². The first kappa shape index (κ1) is 17.1. The Balaban J connectivity index is 2.63. The molecule has 1 fully saturated rings. The van der Waals surface area contributed by atoms with Crippen LogP contribution in [0.1, 0.15) is 40.5 Å². The van der Waals surface area contributed by atoms with Crippen LogP contribution in [0.4, 0.5) is 4.79 Å². The van der Waals surface area contributed by atoms with Crippen LogP contribution >= 0.6 is 0 Å². The molecular weight excluding hydrogens is 270 g/mol. The standard InChI is InChI=1S/C15H29NO3Si/c1-7-18-14(17)16-10-8-9-13(11-16)12-19-20(5,6)15(2,3)4/h12H,7-11H2,1-6H3/b13-12-. The van der Waals surface area contributed by atoms with Gasteiger partial charge >= 0.3 is 6.09 Å². The van der Waals surface area contributed by atoms with Gasteiger partial charge in [-0.3, -0.25) is 0 Å². The molecule has 0 unspecified atom stereocenters. The average molecular weight is 299 g/mol. The average Bonchev–Trinajstić information content (AvgIpc) is 2.36. The number of carbonyl (C=O) groups excluding carboxylic acids is 1. The van der Waals surface area contributed by atoms with Crippen molar-refractivity contribution < 1.29 is 14.0 Å². The summed E-state index contributed by atoms with van der Waals surface area (Å²) in [5, 5.41) is 0.194. The fraction of sp³-hybridized carbons (Fsp3) is 0.800. The Labute approximate surface area is 124 Å². The second-order valence-electron chi connectivity index (χ2n) is 6.88. The van der Waals surface area contributed by atoms with Gasteiger partial charge in [0.15, 0.2) is 0 Å². The molecule has 0 aliphatic carbocycles. The van der Waals surface area contributed by atoms with Crippen molar-refractivity contribution in [2.45, 2.75) is 58.7 Å². The quantitative estimate of drug-likeness (QED) is 0.580. The Morgan fingerprint density at radius 3 is 2.60 bits per heavy atom. The van der Waals surface area contributed by atoms with Gasteiger partial charge in [0.05, 0.1) is 12.9 Å². The normalized spacial score (nSPS) is 19.1. The van der Waals surface area contributed by atoms with Gasteiger partial charge in [-0.05, 0) is 43.5 Å². The van der Waals surface area contributed by atoms with E-state index in [4.69, 9.17) is 9.16 Å². The number of rotatable bonds is 3. The van der Waals surface area contributed by atoms with Gasteiger partial charge in [0.2, 0.25) is 8.32 Å². The molecule has 0 atom stereocenters. The van der Waals surface area contributed by atoms with Gasteiger partial charge < -0.3 is 14.1 Å². The Bertz CT molecular complexity index is 372. The minimum atomic E-state index is -1.76. The highest BCUT2D eigenvalue weighted by Gasteiger charge is 2.38. The van der Waals surface area contributed by atoms with E-state index in [-0.39, 0.29) is 11.1 Å². The zero-order valence-corrected chi connectivity index (χ0v) is 14.8. The molecule has 0 spiro atoms. The molecule has 0 saturated carbocycles. The summed E-state index contributed by atoms with van der Waals surface area (Å²) in [6.07, 6.45) is 3.67. The molecule has 4 nitrogen and oxygen atoms in total. The molecule has 0 aromatic carbocycles. The number of nitrogens with zero attached hydrogens (tertiary/aromatic N) is 1. The molecule has 20 heavy (non-hydrogen) atoms. The lowest BCUT2D eigenvalue weighted by molar-refractivity contribution is 0.106. The summed E-state index contributed by atoms with van der Waals surface area (Å²) in [5.41, 5.74) is 1.19. The molecule has 116 valence electrons. The summed E-state index contributed by atoms with van der Waals surface area (Å²) in [7, 11) is -1.76. The molecule has 1 heterocycles. The molecule has 1 amide bonds. The molecule has 1 aliphatic heterocycles. The van der Waals surface area contributed by atoms with E-state index >= 15 is 0 Å². The minimum absolute atomic E-state index is 0.194. The predicted molar refractivity (Wildman–Crippen MR) is 84.2 cm³/mol. The van der Waals surface area contributed by atoms with Crippen LogP contribution in [0, 0.1) is 0 Å². The van der Waals surface area contributed by atoms with Crippen molar-refractivity contribution in [1.82, 2.24) is 4.90 Å². The molecule has 1 rings (SSSR count). The van der Waals surface area contributed by atoms with Crippen molar-refractivity contribution in [3.05, 3.63) is 11.8 Å². The van der Waals surface area contributed by atoms with Crippen molar-refractivity contribution in [3.63, 3.8) is 0 Å². The van der Waals surface area contributed by atoms with Crippen LogP contribution in [0.3, 0.4) is 0 Å². The van der Waals surface area contributed by atoms with E-state index in [0.29, 0.717) is 13.2 Å². The highest BCUT2D eigenvalue weighted by atomic mass is 28.4. The van der Waals surface area contributed by atoms with Crippen LogP contribution in [0.5, 0.6) is 0 Å². The molecule has 0 bridgehead atoms. The summed E-state index contributed by atoms with van der Waals surface area (Å²) in [5.74, 6) is 0. The highest BCUT2D eigenvalue weighted by molar-refractivity contribution is 6.74. The van der Waals surface area contributed by atoms with Crippen molar-refractivity contribution in [3.8, 4) is 0 Å². The first-order chi connectivity index (χ1) is 9.17. The maximum absolute atomic E-state index is 11.7. The van der Waals surface area contributed by atoms with Gasteiger partial charge in [0.1, 0.15) is 0 Å². The maximum Gasteiger partial charge on any atom is 0.410 e. The van der Waals surface area contributed by atoms with Gasteiger partial charge in [0.25, 0.3) is 0 Å². The lowest BCUT2D eigenvalue weighted by Crippen LogP contribution is -2.40.